The van der Waals surface area contributed by atoms with Crippen molar-refractivity contribution >= 4 is 34.8 Å². The van der Waals surface area contributed by atoms with Crippen LogP contribution in [0.5, 0.6) is 11.5 Å². The summed E-state index contributed by atoms with van der Waals surface area (Å²) in [6.07, 6.45) is 3.32. The molecule has 0 aliphatic rings. The quantitative estimate of drug-likeness (QED) is 0.655. The van der Waals surface area contributed by atoms with E-state index in [9.17, 15) is 4.79 Å². The summed E-state index contributed by atoms with van der Waals surface area (Å²) in [4.78, 5) is 12.6. The molecule has 140 valence electrons. The lowest BCUT2D eigenvalue weighted by Gasteiger charge is -2.13. The van der Waals surface area contributed by atoms with Crippen molar-refractivity contribution in [1.82, 2.24) is 9.78 Å². The van der Waals surface area contributed by atoms with Crippen LogP contribution < -0.4 is 14.8 Å². The number of ether oxygens (including phenoxy) is 2. The molecule has 1 N–H and O–H groups in total. The zero-order chi connectivity index (χ0) is 19.4. The summed E-state index contributed by atoms with van der Waals surface area (Å²) in [5, 5.41) is 7.93. The van der Waals surface area contributed by atoms with Gasteiger partial charge in [0, 0.05) is 23.9 Å². The van der Waals surface area contributed by atoms with Crippen LogP contribution in [0.3, 0.4) is 0 Å². The van der Waals surface area contributed by atoms with Crippen molar-refractivity contribution in [3.8, 4) is 11.5 Å². The highest BCUT2D eigenvalue weighted by Crippen LogP contribution is 2.36. The summed E-state index contributed by atoms with van der Waals surface area (Å²) in [6, 6.07) is 10.4. The van der Waals surface area contributed by atoms with Crippen molar-refractivity contribution < 1.29 is 14.3 Å². The molecule has 1 heterocycles. The number of hydrogen-bond donors (Lipinski definition) is 1. The van der Waals surface area contributed by atoms with E-state index in [0.717, 1.165) is 5.56 Å². The number of aromatic nitrogens is 2. The van der Waals surface area contributed by atoms with Crippen LogP contribution in [-0.2, 0) is 6.54 Å². The molecule has 0 spiro atoms. The van der Waals surface area contributed by atoms with Gasteiger partial charge in [0.15, 0.2) is 0 Å². The number of nitrogens with zero attached hydrogens (tertiary/aromatic N) is 2. The van der Waals surface area contributed by atoms with Gasteiger partial charge >= 0.3 is 0 Å². The standard InChI is InChI=1S/C19H17Cl2N3O3/c1-26-17-8-16(18(27-2)7-15(17)21)23-19(25)13-5-3-12(4-6-13)10-24-11-14(20)9-22-24/h3-9,11H,10H2,1-2H3,(H,23,25). The molecule has 0 saturated carbocycles. The van der Waals surface area contributed by atoms with Gasteiger partial charge in [-0.3, -0.25) is 9.48 Å². The van der Waals surface area contributed by atoms with Crippen molar-refractivity contribution in [2.24, 2.45) is 0 Å². The van der Waals surface area contributed by atoms with Gasteiger partial charge in [-0.2, -0.15) is 5.10 Å². The molecule has 3 aromatic rings. The fourth-order valence-corrected chi connectivity index (χ4v) is 2.91. The molecule has 0 atom stereocenters. The van der Waals surface area contributed by atoms with Crippen LogP contribution in [0.25, 0.3) is 0 Å². The van der Waals surface area contributed by atoms with Crippen LogP contribution in [0.4, 0.5) is 5.69 Å². The Balaban J connectivity index is 1.74. The Kier molecular flexibility index (Phi) is 5.88. The molecule has 0 fully saturated rings. The van der Waals surface area contributed by atoms with Crippen LogP contribution in [0, 0.1) is 0 Å². The normalized spacial score (nSPS) is 10.5. The van der Waals surface area contributed by atoms with Gasteiger partial charge in [0.1, 0.15) is 11.5 Å². The van der Waals surface area contributed by atoms with E-state index in [1.54, 1.807) is 41.3 Å². The molecule has 27 heavy (non-hydrogen) atoms. The topological polar surface area (TPSA) is 65.4 Å². The largest absolute Gasteiger partial charge is 0.495 e. The first-order chi connectivity index (χ1) is 13.0. The van der Waals surface area contributed by atoms with Gasteiger partial charge in [0.25, 0.3) is 5.91 Å². The molecule has 3 rings (SSSR count). The highest BCUT2D eigenvalue weighted by Gasteiger charge is 2.14. The average Bonchev–Trinajstić information content (AvgIpc) is 3.08. The van der Waals surface area contributed by atoms with Gasteiger partial charge in [-0.1, -0.05) is 35.3 Å². The molecule has 8 heteroatoms. The van der Waals surface area contributed by atoms with Gasteiger partial charge in [-0.15, -0.1) is 0 Å². The lowest BCUT2D eigenvalue weighted by Crippen LogP contribution is -2.13. The Bertz CT molecular complexity index is 955. The monoisotopic (exact) mass is 405 g/mol. The first kappa shape index (κ1) is 19.1. The first-order valence-corrected chi connectivity index (χ1v) is 8.75. The third-order valence-electron chi connectivity index (χ3n) is 3.88. The molecule has 6 nitrogen and oxygen atoms in total. The van der Waals surface area contributed by atoms with Gasteiger partial charge in [-0.25, -0.2) is 0 Å². The van der Waals surface area contributed by atoms with Gasteiger partial charge < -0.3 is 14.8 Å². The minimum absolute atomic E-state index is 0.272. The van der Waals surface area contributed by atoms with Crippen LogP contribution in [-0.4, -0.2) is 29.9 Å². The molecule has 0 radical (unpaired) electrons. The fourth-order valence-electron chi connectivity index (χ4n) is 2.53. The molecule has 1 aromatic heterocycles. The number of rotatable bonds is 6. The van der Waals surface area contributed by atoms with Crippen molar-refractivity contribution in [1.29, 1.82) is 0 Å². The average molecular weight is 406 g/mol. The Morgan fingerprint density at radius 2 is 1.81 bits per heavy atom. The molecule has 1 amide bonds. The number of amides is 1. The minimum Gasteiger partial charge on any atom is -0.495 e. The van der Waals surface area contributed by atoms with E-state index in [-0.39, 0.29) is 5.91 Å². The zero-order valence-electron chi connectivity index (χ0n) is 14.7. The van der Waals surface area contributed by atoms with Crippen molar-refractivity contribution in [2.45, 2.75) is 6.54 Å². The molecule has 0 bridgehead atoms. The van der Waals surface area contributed by atoms with E-state index < -0.39 is 0 Å². The molecule has 0 unspecified atom stereocenters. The number of carbonyl (C=O) groups is 1. The van der Waals surface area contributed by atoms with Gasteiger partial charge in [0.2, 0.25) is 0 Å². The maximum Gasteiger partial charge on any atom is 0.255 e. The number of halogens is 2. The van der Waals surface area contributed by atoms with E-state index in [1.165, 1.54) is 14.2 Å². The lowest BCUT2D eigenvalue weighted by molar-refractivity contribution is 0.102. The Hall–Kier alpha value is -2.70. The summed E-state index contributed by atoms with van der Waals surface area (Å²) < 4.78 is 12.2. The number of hydrogen-bond acceptors (Lipinski definition) is 4. The fraction of sp³-hybridized carbons (Fsp3) is 0.158. The third kappa shape index (κ3) is 4.53. The zero-order valence-corrected chi connectivity index (χ0v) is 16.2. The van der Waals surface area contributed by atoms with E-state index in [1.807, 2.05) is 12.1 Å². The maximum absolute atomic E-state index is 12.6. The number of methoxy groups -OCH3 is 2. The highest BCUT2D eigenvalue weighted by atomic mass is 35.5. The van der Waals surface area contributed by atoms with E-state index >= 15 is 0 Å². The number of carbonyl (C=O) groups excluding carboxylic acids is 1. The Morgan fingerprint density at radius 1 is 1.11 bits per heavy atom. The highest BCUT2D eigenvalue weighted by molar-refractivity contribution is 6.32. The van der Waals surface area contributed by atoms with Gasteiger partial charge in [0.05, 0.1) is 42.7 Å². The lowest BCUT2D eigenvalue weighted by atomic mass is 10.1. The van der Waals surface area contributed by atoms with Gasteiger partial charge in [-0.05, 0) is 17.7 Å². The third-order valence-corrected chi connectivity index (χ3v) is 4.38. The summed E-state index contributed by atoms with van der Waals surface area (Å²) in [7, 11) is 3.01. The van der Waals surface area contributed by atoms with Crippen molar-refractivity contribution in [3.05, 3.63) is 70.0 Å². The predicted molar refractivity (Wildman–Crippen MR) is 105 cm³/mol. The molecule has 0 aliphatic carbocycles. The summed E-state index contributed by atoms with van der Waals surface area (Å²) >= 11 is 11.9. The first-order valence-electron chi connectivity index (χ1n) is 8.00. The number of benzene rings is 2. The van der Waals surface area contributed by atoms with Crippen LogP contribution in [0.1, 0.15) is 15.9 Å². The second kappa shape index (κ2) is 8.33. The molecule has 0 saturated heterocycles. The van der Waals surface area contributed by atoms with E-state index in [2.05, 4.69) is 10.4 Å². The van der Waals surface area contributed by atoms with Crippen LogP contribution in [0.2, 0.25) is 10.0 Å². The minimum atomic E-state index is -0.272. The summed E-state index contributed by atoms with van der Waals surface area (Å²) in [6.45, 7) is 0.566. The molecular weight excluding hydrogens is 389 g/mol. The predicted octanol–water partition coefficient (Wildman–Crippen LogP) is 4.51. The smallest absolute Gasteiger partial charge is 0.255 e. The molecule has 2 aromatic carbocycles. The number of anilines is 1. The Morgan fingerprint density at radius 3 is 2.41 bits per heavy atom. The second-order valence-corrected chi connectivity index (χ2v) is 6.54. The Labute approximate surface area is 166 Å². The van der Waals surface area contributed by atoms with Crippen molar-refractivity contribution in [2.75, 3.05) is 19.5 Å². The van der Waals surface area contributed by atoms with E-state index in [4.69, 9.17) is 32.7 Å². The second-order valence-electron chi connectivity index (χ2n) is 5.69. The molecular formula is C19H17Cl2N3O3. The molecule has 0 aliphatic heterocycles. The number of nitrogens with one attached hydrogen (secondary N) is 1. The SMILES string of the molecule is COc1cc(NC(=O)c2ccc(Cn3cc(Cl)cn3)cc2)c(OC)cc1Cl. The van der Waals surface area contributed by atoms with Crippen LogP contribution in [0.15, 0.2) is 48.8 Å². The maximum atomic E-state index is 12.6. The van der Waals surface area contributed by atoms with Crippen LogP contribution >= 0.6 is 23.2 Å². The van der Waals surface area contributed by atoms with Crippen molar-refractivity contribution in [3.63, 3.8) is 0 Å². The summed E-state index contributed by atoms with van der Waals surface area (Å²) in [5.41, 5.74) is 1.98. The van der Waals surface area contributed by atoms with E-state index in [0.29, 0.717) is 39.3 Å². The summed E-state index contributed by atoms with van der Waals surface area (Å²) in [5.74, 6) is 0.619.